The number of hydrogen-bond donors (Lipinski definition) is 1. The van der Waals surface area contributed by atoms with Crippen LogP contribution in [0.15, 0.2) is 30.6 Å². The fraction of sp³-hybridized carbons (Fsp3) is 0.286. The number of anilines is 1. The van der Waals surface area contributed by atoms with Gasteiger partial charge in [0.05, 0.1) is 0 Å². The second kappa shape index (κ2) is 5.32. The predicted octanol–water partition coefficient (Wildman–Crippen LogP) is 2.11. The Kier molecular flexibility index (Phi) is 3.74. The molecule has 1 aromatic carbocycles. The Bertz CT molecular complexity index is 584. The summed E-state index contributed by atoms with van der Waals surface area (Å²) in [7, 11) is 3.40. The van der Waals surface area contributed by atoms with Crippen molar-refractivity contribution in [3.8, 4) is 0 Å². The average Bonchev–Trinajstić information content (AvgIpc) is 2.80. The lowest BCUT2D eigenvalue weighted by molar-refractivity contribution is -0.114. The molecule has 1 heterocycles. The zero-order chi connectivity index (χ0) is 14.9. The molecule has 106 valence electrons. The first kappa shape index (κ1) is 14.0. The minimum absolute atomic E-state index is 0.0658. The number of amides is 3. The van der Waals surface area contributed by atoms with E-state index in [4.69, 9.17) is 0 Å². The Labute approximate surface area is 116 Å². The highest BCUT2D eigenvalue weighted by molar-refractivity contribution is 6.01. The van der Waals surface area contributed by atoms with Crippen LogP contribution in [0, 0.1) is 0 Å². The zero-order valence-corrected chi connectivity index (χ0v) is 11.4. The molecule has 0 unspecified atom stereocenters. The number of nitrogens with one attached hydrogen (secondary N) is 1. The van der Waals surface area contributed by atoms with Crippen LogP contribution in [-0.4, -0.2) is 35.8 Å². The molecule has 1 aliphatic heterocycles. The van der Waals surface area contributed by atoms with Crippen molar-refractivity contribution in [1.29, 1.82) is 0 Å². The predicted molar refractivity (Wildman–Crippen MR) is 73.6 cm³/mol. The fourth-order valence-corrected chi connectivity index (χ4v) is 2.09. The van der Waals surface area contributed by atoms with Crippen LogP contribution >= 0.6 is 0 Å². The van der Waals surface area contributed by atoms with Crippen LogP contribution in [0.25, 0.3) is 0 Å². The second-order valence-electron chi connectivity index (χ2n) is 4.88. The van der Waals surface area contributed by atoms with E-state index in [2.05, 4.69) is 11.9 Å². The number of carbonyl (C=O) groups is 2. The molecule has 1 N–H and O–H groups in total. The molecule has 1 aliphatic rings. The van der Waals surface area contributed by atoms with E-state index in [1.54, 1.807) is 31.1 Å². The lowest BCUT2D eigenvalue weighted by Gasteiger charge is -2.20. The number of rotatable bonds is 2. The van der Waals surface area contributed by atoms with Crippen molar-refractivity contribution in [2.75, 3.05) is 19.4 Å². The summed E-state index contributed by atoms with van der Waals surface area (Å²) in [5.41, 5.74) is 2.46. The van der Waals surface area contributed by atoms with E-state index in [1.165, 1.54) is 4.90 Å². The van der Waals surface area contributed by atoms with Gasteiger partial charge in [-0.3, -0.25) is 4.79 Å². The number of nitrogens with zero attached hydrogens (tertiary/aromatic N) is 2. The Morgan fingerprint density at radius 2 is 1.95 bits per heavy atom. The summed E-state index contributed by atoms with van der Waals surface area (Å²) in [5.74, 6) is -1.89. The van der Waals surface area contributed by atoms with Gasteiger partial charge in [0, 0.05) is 32.9 Å². The van der Waals surface area contributed by atoms with Gasteiger partial charge in [-0.2, -0.15) is 0 Å². The lowest BCUT2D eigenvalue weighted by Crippen LogP contribution is -2.35. The molecule has 0 spiro atoms. The molecule has 5 nitrogen and oxygen atoms in total. The molecule has 0 saturated carbocycles. The van der Waals surface area contributed by atoms with Crippen LogP contribution in [0.5, 0.6) is 0 Å². The fourth-order valence-electron chi connectivity index (χ4n) is 2.09. The molecular formula is C14H16FN3O2. The number of fused-ring (bicyclic) bond motifs is 1. The monoisotopic (exact) mass is 277 g/mol. The Hall–Kier alpha value is -2.37. The maximum absolute atomic E-state index is 12.6. The molecule has 1 aromatic rings. The van der Waals surface area contributed by atoms with Gasteiger partial charge in [0.2, 0.25) is 0 Å². The number of carbonyl (C=O) groups excluding carboxylic acids is 2. The largest absolute Gasteiger partial charge is 0.331 e. The summed E-state index contributed by atoms with van der Waals surface area (Å²) in [6.45, 7) is 3.96. The first-order valence-corrected chi connectivity index (χ1v) is 6.12. The van der Waals surface area contributed by atoms with Gasteiger partial charge in [-0.1, -0.05) is 12.6 Å². The van der Waals surface area contributed by atoms with Gasteiger partial charge in [-0.05, 0) is 23.3 Å². The topological polar surface area (TPSA) is 52.7 Å². The van der Waals surface area contributed by atoms with E-state index < -0.39 is 11.7 Å². The summed E-state index contributed by atoms with van der Waals surface area (Å²) in [5, 5.41) is 2.41. The molecule has 0 saturated heterocycles. The van der Waals surface area contributed by atoms with Gasteiger partial charge in [0.15, 0.2) is 5.83 Å². The van der Waals surface area contributed by atoms with E-state index in [0.717, 1.165) is 11.1 Å². The number of halogens is 1. The maximum Gasteiger partial charge on any atom is 0.320 e. The number of hydrogen-bond acceptors (Lipinski definition) is 2. The van der Waals surface area contributed by atoms with Crippen molar-refractivity contribution >= 4 is 17.6 Å². The van der Waals surface area contributed by atoms with Crippen LogP contribution in [0.3, 0.4) is 0 Å². The van der Waals surface area contributed by atoms with E-state index in [9.17, 15) is 14.0 Å². The van der Waals surface area contributed by atoms with Crippen molar-refractivity contribution in [3.05, 3.63) is 41.7 Å². The first-order valence-electron chi connectivity index (χ1n) is 6.12. The van der Waals surface area contributed by atoms with E-state index in [1.807, 2.05) is 6.07 Å². The summed E-state index contributed by atoms with van der Waals surface area (Å²) < 4.78 is 12.6. The first-order chi connectivity index (χ1) is 9.38. The van der Waals surface area contributed by atoms with Gasteiger partial charge in [0.1, 0.15) is 0 Å². The Morgan fingerprint density at radius 1 is 1.30 bits per heavy atom. The minimum Gasteiger partial charge on any atom is -0.331 e. The van der Waals surface area contributed by atoms with Gasteiger partial charge in [-0.15, -0.1) is 0 Å². The molecule has 0 atom stereocenters. The smallest absolute Gasteiger partial charge is 0.320 e. The van der Waals surface area contributed by atoms with Crippen LogP contribution in [0.2, 0.25) is 0 Å². The summed E-state index contributed by atoms with van der Waals surface area (Å²) in [6.07, 6.45) is 0. The van der Waals surface area contributed by atoms with Crippen LogP contribution in [0.4, 0.5) is 14.9 Å². The van der Waals surface area contributed by atoms with Crippen LogP contribution in [-0.2, 0) is 17.9 Å². The highest BCUT2D eigenvalue weighted by Crippen LogP contribution is 2.26. The molecule has 3 amide bonds. The van der Waals surface area contributed by atoms with Crippen molar-refractivity contribution in [1.82, 2.24) is 9.80 Å². The number of urea groups is 1. The highest BCUT2D eigenvalue weighted by Gasteiger charge is 2.24. The Balaban J connectivity index is 2.12. The summed E-state index contributed by atoms with van der Waals surface area (Å²) in [4.78, 5) is 26.3. The molecule has 0 aromatic heterocycles. The molecule has 0 bridgehead atoms. The molecule has 0 radical (unpaired) electrons. The normalized spacial score (nSPS) is 12.8. The maximum atomic E-state index is 12.6. The minimum atomic E-state index is -1.03. The van der Waals surface area contributed by atoms with Crippen molar-refractivity contribution in [3.63, 3.8) is 0 Å². The van der Waals surface area contributed by atoms with E-state index in [-0.39, 0.29) is 6.03 Å². The molecule has 6 heteroatoms. The molecule has 20 heavy (non-hydrogen) atoms. The molecular weight excluding hydrogens is 261 g/mol. The van der Waals surface area contributed by atoms with E-state index >= 15 is 0 Å². The van der Waals surface area contributed by atoms with Crippen molar-refractivity contribution in [2.24, 2.45) is 0 Å². The zero-order valence-electron chi connectivity index (χ0n) is 11.4. The van der Waals surface area contributed by atoms with Crippen LogP contribution < -0.4 is 5.32 Å². The third kappa shape index (κ3) is 2.79. The quantitative estimate of drug-likeness (QED) is 0.842. The highest BCUT2D eigenvalue weighted by atomic mass is 19.1. The van der Waals surface area contributed by atoms with Crippen molar-refractivity contribution in [2.45, 2.75) is 13.1 Å². The Morgan fingerprint density at radius 3 is 2.55 bits per heavy atom. The summed E-state index contributed by atoms with van der Waals surface area (Å²) >= 11 is 0. The SMILES string of the molecule is C=C(F)C(=O)Nc1ccc2c(c1)CN(C(=O)N(C)C)C2. The second-order valence-corrected chi connectivity index (χ2v) is 4.88. The third-order valence-electron chi connectivity index (χ3n) is 3.09. The van der Waals surface area contributed by atoms with Crippen molar-refractivity contribution < 1.29 is 14.0 Å². The lowest BCUT2D eigenvalue weighted by atomic mass is 10.1. The van der Waals surface area contributed by atoms with Gasteiger partial charge in [-0.25, -0.2) is 9.18 Å². The van der Waals surface area contributed by atoms with Gasteiger partial charge in [0.25, 0.3) is 5.91 Å². The summed E-state index contributed by atoms with van der Waals surface area (Å²) in [6, 6.07) is 5.20. The average molecular weight is 277 g/mol. The molecule has 2 rings (SSSR count). The third-order valence-corrected chi connectivity index (χ3v) is 3.09. The standard InChI is InChI=1S/C14H16FN3O2/c1-9(15)13(19)16-12-5-4-10-7-18(8-11(10)6-12)14(20)17(2)3/h4-6H,1,7-8H2,2-3H3,(H,16,19). The molecule has 0 aliphatic carbocycles. The molecule has 0 fully saturated rings. The van der Waals surface area contributed by atoms with E-state index in [0.29, 0.717) is 18.8 Å². The van der Waals surface area contributed by atoms with Gasteiger partial charge >= 0.3 is 6.03 Å². The van der Waals surface area contributed by atoms with Gasteiger partial charge < -0.3 is 15.1 Å². The number of benzene rings is 1. The van der Waals surface area contributed by atoms with Crippen LogP contribution in [0.1, 0.15) is 11.1 Å².